The maximum absolute atomic E-state index is 14.1. The minimum Gasteiger partial charge on any atom is -0.309 e. The lowest BCUT2D eigenvalue weighted by molar-refractivity contribution is 0.143. The summed E-state index contributed by atoms with van der Waals surface area (Å²) in [5, 5.41) is 3.51. The molecule has 2 nitrogen and oxygen atoms in total. The molecule has 1 aromatic rings. The van der Waals surface area contributed by atoms with E-state index in [2.05, 4.69) is 24.1 Å². The fraction of sp³-hybridized carbons (Fsp3) is 0.647. The number of benzene rings is 1. The van der Waals surface area contributed by atoms with E-state index < -0.39 is 0 Å². The van der Waals surface area contributed by atoms with Crippen molar-refractivity contribution in [2.75, 3.05) is 19.6 Å². The average molecular weight is 278 g/mol. The molecule has 0 aromatic heterocycles. The Morgan fingerprint density at radius 3 is 2.85 bits per heavy atom. The number of halogens is 1. The predicted molar refractivity (Wildman–Crippen MR) is 82.3 cm³/mol. The molecule has 0 radical (unpaired) electrons. The largest absolute Gasteiger partial charge is 0.309 e. The molecule has 0 bridgehead atoms. The van der Waals surface area contributed by atoms with Gasteiger partial charge in [0.25, 0.3) is 0 Å². The van der Waals surface area contributed by atoms with E-state index in [1.807, 2.05) is 12.1 Å². The lowest BCUT2D eigenvalue weighted by Crippen LogP contribution is -2.43. The van der Waals surface area contributed by atoms with Crippen LogP contribution in [0.25, 0.3) is 0 Å². The van der Waals surface area contributed by atoms with Crippen LogP contribution in [0.2, 0.25) is 0 Å². The topological polar surface area (TPSA) is 15.3 Å². The Labute approximate surface area is 122 Å². The molecular formula is C17H27FN2. The van der Waals surface area contributed by atoms with Crippen LogP contribution in [0.3, 0.4) is 0 Å². The van der Waals surface area contributed by atoms with Crippen molar-refractivity contribution in [3.05, 3.63) is 35.6 Å². The number of likely N-dealkylation sites (tertiary alicyclic amines) is 1. The molecule has 1 N–H and O–H groups in total. The predicted octanol–water partition coefficient (Wildman–Crippen LogP) is 3.74. The third-order valence-corrected chi connectivity index (χ3v) is 4.28. The number of nitrogens with zero attached hydrogens (tertiary/aromatic N) is 1. The molecule has 2 unspecified atom stereocenters. The Bertz CT molecular complexity index is 408. The normalized spacial score (nSPS) is 21.9. The van der Waals surface area contributed by atoms with Gasteiger partial charge in [-0.15, -0.1) is 0 Å². The molecule has 0 aliphatic carbocycles. The van der Waals surface area contributed by atoms with E-state index in [4.69, 9.17) is 0 Å². The maximum Gasteiger partial charge on any atom is 0.128 e. The first-order valence-electron chi connectivity index (χ1n) is 7.94. The van der Waals surface area contributed by atoms with Gasteiger partial charge in [-0.25, -0.2) is 4.39 Å². The molecule has 2 atom stereocenters. The van der Waals surface area contributed by atoms with Gasteiger partial charge in [-0.3, -0.25) is 4.90 Å². The van der Waals surface area contributed by atoms with Crippen LogP contribution in [0.4, 0.5) is 4.39 Å². The summed E-state index contributed by atoms with van der Waals surface area (Å²) in [6.45, 7) is 7.41. The molecule has 0 saturated carbocycles. The van der Waals surface area contributed by atoms with Crippen molar-refractivity contribution in [2.24, 2.45) is 0 Å². The summed E-state index contributed by atoms with van der Waals surface area (Å²) in [7, 11) is 0. The minimum atomic E-state index is -0.0919. The fourth-order valence-corrected chi connectivity index (χ4v) is 3.01. The zero-order valence-corrected chi connectivity index (χ0v) is 12.7. The van der Waals surface area contributed by atoms with E-state index in [-0.39, 0.29) is 11.9 Å². The van der Waals surface area contributed by atoms with Crippen LogP contribution in [-0.4, -0.2) is 30.6 Å². The molecule has 1 heterocycles. The maximum atomic E-state index is 14.1. The molecule has 1 saturated heterocycles. The van der Waals surface area contributed by atoms with E-state index in [9.17, 15) is 4.39 Å². The quantitative estimate of drug-likeness (QED) is 0.852. The van der Waals surface area contributed by atoms with Crippen LogP contribution in [0.5, 0.6) is 0 Å². The van der Waals surface area contributed by atoms with E-state index in [1.54, 1.807) is 12.1 Å². The SMILES string of the molecule is CCCNC(CN1CCCCC1C)c1ccccc1F. The second-order valence-electron chi connectivity index (χ2n) is 5.87. The third kappa shape index (κ3) is 4.03. The zero-order valence-electron chi connectivity index (χ0n) is 12.7. The third-order valence-electron chi connectivity index (χ3n) is 4.28. The summed E-state index contributed by atoms with van der Waals surface area (Å²) < 4.78 is 14.1. The average Bonchev–Trinajstić information content (AvgIpc) is 2.46. The first-order valence-corrected chi connectivity index (χ1v) is 7.94. The van der Waals surface area contributed by atoms with Crippen LogP contribution >= 0.6 is 0 Å². The van der Waals surface area contributed by atoms with Crippen LogP contribution in [0.15, 0.2) is 24.3 Å². The smallest absolute Gasteiger partial charge is 0.128 e. The highest BCUT2D eigenvalue weighted by atomic mass is 19.1. The molecule has 1 aliphatic rings. The molecule has 1 aromatic carbocycles. The number of hydrogen-bond donors (Lipinski definition) is 1. The molecule has 2 rings (SSSR count). The van der Waals surface area contributed by atoms with Crippen molar-refractivity contribution >= 4 is 0 Å². The van der Waals surface area contributed by atoms with Gasteiger partial charge in [0.15, 0.2) is 0 Å². The summed E-state index contributed by atoms with van der Waals surface area (Å²) in [5.74, 6) is -0.0919. The Morgan fingerprint density at radius 1 is 1.35 bits per heavy atom. The molecule has 0 amide bonds. The van der Waals surface area contributed by atoms with Crippen LogP contribution in [0.1, 0.15) is 51.1 Å². The van der Waals surface area contributed by atoms with E-state index in [0.29, 0.717) is 6.04 Å². The second kappa shape index (κ2) is 7.75. The van der Waals surface area contributed by atoms with Crippen molar-refractivity contribution in [3.63, 3.8) is 0 Å². The highest BCUT2D eigenvalue weighted by molar-refractivity contribution is 5.21. The van der Waals surface area contributed by atoms with Crippen LogP contribution < -0.4 is 5.32 Å². The Morgan fingerprint density at radius 2 is 2.15 bits per heavy atom. The Balaban J connectivity index is 2.09. The van der Waals surface area contributed by atoms with Gasteiger partial charge < -0.3 is 5.32 Å². The minimum absolute atomic E-state index is 0.0919. The number of piperidine rings is 1. The highest BCUT2D eigenvalue weighted by Crippen LogP contribution is 2.23. The van der Waals surface area contributed by atoms with Crippen molar-refractivity contribution in [2.45, 2.75) is 51.6 Å². The standard InChI is InChI=1S/C17H27FN2/c1-3-11-19-17(15-9-4-5-10-16(15)18)13-20-12-7-6-8-14(20)2/h4-5,9-10,14,17,19H,3,6-8,11-13H2,1-2H3. The molecule has 3 heteroatoms. The number of hydrogen-bond acceptors (Lipinski definition) is 2. The van der Waals surface area contributed by atoms with Gasteiger partial charge in [0.1, 0.15) is 5.82 Å². The van der Waals surface area contributed by atoms with Crippen molar-refractivity contribution in [1.82, 2.24) is 10.2 Å². The summed E-state index contributed by atoms with van der Waals surface area (Å²) in [6, 6.07) is 7.88. The van der Waals surface area contributed by atoms with Crippen molar-refractivity contribution < 1.29 is 4.39 Å². The van der Waals surface area contributed by atoms with Gasteiger partial charge in [-0.1, -0.05) is 31.5 Å². The summed E-state index contributed by atoms with van der Waals surface area (Å²) in [6.07, 6.45) is 4.92. The van der Waals surface area contributed by atoms with E-state index in [1.165, 1.54) is 19.3 Å². The summed E-state index contributed by atoms with van der Waals surface area (Å²) >= 11 is 0. The van der Waals surface area contributed by atoms with Crippen molar-refractivity contribution in [3.8, 4) is 0 Å². The lowest BCUT2D eigenvalue weighted by atomic mass is 10.00. The number of rotatable bonds is 6. The van der Waals surface area contributed by atoms with Gasteiger partial charge >= 0.3 is 0 Å². The Hall–Kier alpha value is -0.930. The first-order chi connectivity index (χ1) is 9.72. The van der Waals surface area contributed by atoms with Crippen molar-refractivity contribution in [1.29, 1.82) is 0 Å². The van der Waals surface area contributed by atoms with Gasteiger partial charge in [-0.2, -0.15) is 0 Å². The monoisotopic (exact) mass is 278 g/mol. The molecule has 0 spiro atoms. The van der Waals surface area contributed by atoms with Gasteiger partial charge in [0, 0.05) is 24.2 Å². The molecule has 20 heavy (non-hydrogen) atoms. The van der Waals surface area contributed by atoms with E-state index in [0.717, 1.165) is 31.6 Å². The second-order valence-corrected chi connectivity index (χ2v) is 5.87. The summed E-state index contributed by atoms with van der Waals surface area (Å²) in [5.41, 5.74) is 0.804. The number of nitrogens with one attached hydrogen (secondary N) is 1. The fourth-order valence-electron chi connectivity index (χ4n) is 3.01. The zero-order chi connectivity index (χ0) is 14.4. The Kier molecular flexibility index (Phi) is 5.99. The first kappa shape index (κ1) is 15.5. The van der Waals surface area contributed by atoms with Gasteiger partial charge in [-0.05, 0) is 45.3 Å². The van der Waals surface area contributed by atoms with E-state index >= 15 is 0 Å². The molecular weight excluding hydrogens is 251 g/mol. The van der Waals surface area contributed by atoms with Gasteiger partial charge in [0.2, 0.25) is 0 Å². The van der Waals surface area contributed by atoms with Gasteiger partial charge in [0.05, 0.1) is 0 Å². The molecule has 1 fully saturated rings. The molecule has 112 valence electrons. The van der Waals surface area contributed by atoms with Crippen LogP contribution in [0, 0.1) is 5.82 Å². The lowest BCUT2D eigenvalue weighted by Gasteiger charge is -2.36. The molecule has 1 aliphatic heterocycles. The highest BCUT2D eigenvalue weighted by Gasteiger charge is 2.23. The van der Waals surface area contributed by atoms with Crippen LogP contribution in [-0.2, 0) is 0 Å². The summed E-state index contributed by atoms with van der Waals surface area (Å²) in [4.78, 5) is 2.50.